The maximum Gasteiger partial charge on any atom is 0.120 e. The number of nitrogens with zero attached hydrogens (tertiary/aromatic N) is 1. The fourth-order valence-electron chi connectivity index (χ4n) is 2.26. The summed E-state index contributed by atoms with van der Waals surface area (Å²) in [5.41, 5.74) is 7.68. The van der Waals surface area contributed by atoms with Crippen molar-refractivity contribution in [1.82, 2.24) is 4.90 Å². The predicted molar refractivity (Wildman–Crippen MR) is 89.7 cm³/mol. The Balaban J connectivity index is 2.87. The number of benzene rings is 1. The second kappa shape index (κ2) is 6.90. The molecule has 0 saturated heterocycles. The van der Waals surface area contributed by atoms with E-state index >= 15 is 0 Å². The van der Waals surface area contributed by atoms with Crippen LogP contribution in [0.1, 0.15) is 19.4 Å². The van der Waals surface area contributed by atoms with Crippen LogP contribution in [-0.4, -0.2) is 44.2 Å². The number of thiocarbonyl (C=S) groups is 1. The zero-order valence-corrected chi connectivity index (χ0v) is 13.8. The van der Waals surface area contributed by atoms with Gasteiger partial charge >= 0.3 is 0 Å². The lowest BCUT2D eigenvalue weighted by Crippen LogP contribution is -2.34. The van der Waals surface area contributed by atoms with E-state index in [-0.39, 0.29) is 5.41 Å². The Labute approximate surface area is 127 Å². The van der Waals surface area contributed by atoms with Gasteiger partial charge in [-0.2, -0.15) is 0 Å². The molecule has 0 spiro atoms. The van der Waals surface area contributed by atoms with Gasteiger partial charge in [-0.25, -0.2) is 0 Å². The minimum Gasteiger partial charge on any atom is -0.497 e. The summed E-state index contributed by atoms with van der Waals surface area (Å²) in [6, 6.07) is 5.69. The number of nitrogens with one attached hydrogen (secondary N) is 1. The van der Waals surface area contributed by atoms with Crippen LogP contribution in [0.4, 0.5) is 5.69 Å². The molecule has 0 amide bonds. The predicted octanol–water partition coefficient (Wildman–Crippen LogP) is 2.33. The third-order valence-corrected chi connectivity index (χ3v) is 3.21. The van der Waals surface area contributed by atoms with Crippen LogP contribution in [0.5, 0.6) is 5.75 Å². The maximum atomic E-state index is 5.77. The molecule has 1 aromatic carbocycles. The minimum atomic E-state index is 0.139. The molecule has 4 nitrogen and oxygen atoms in total. The zero-order chi connectivity index (χ0) is 15.3. The summed E-state index contributed by atoms with van der Waals surface area (Å²) >= 11 is 5.10. The number of hydrogen-bond donors (Lipinski definition) is 2. The Hall–Kier alpha value is -1.33. The largest absolute Gasteiger partial charge is 0.497 e. The van der Waals surface area contributed by atoms with Crippen molar-refractivity contribution in [3.05, 3.63) is 23.8 Å². The number of hydrogen-bond acceptors (Lipinski definition) is 4. The molecular formula is C15H25N3OS. The Morgan fingerprint density at radius 1 is 1.40 bits per heavy atom. The highest BCUT2D eigenvalue weighted by atomic mass is 32.1. The van der Waals surface area contributed by atoms with E-state index in [2.05, 4.69) is 38.2 Å². The van der Waals surface area contributed by atoms with Crippen molar-refractivity contribution in [3.63, 3.8) is 0 Å². The Bertz CT molecular complexity index is 472. The van der Waals surface area contributed by atoms with Crippen LogP contribution in [0.25, 0.3) is 0 Å². The van der Waals surface area contributed by atoms with E-state index in [9.17, 15) is 0 Å². The van der Waals surface area contributed by atoms with Crippen molar-refractivity contribution in [1.29, 1.82) is 0 Å². The topological polar surface area (TPSA) is 50.5 Å². The van der Waals surface area contributed by atoms with Gasteiger partial charge in [-0.15, -0.1) is 0 Å². The van der Waals surface area contributed by atoms with Crippen LogP contribution in [0.3, 0.4) is 0 Å². The standard InChI is InChI=1S/C15H25N3OS/c1-15(2,10-18(3)4)9-17-13-8-11(19-5)6-7-12(13)14(16)20/h6-8,17H,9-10H2,1-5H3,(H2,16,20). The van der Waals surface area contributed by atoms with Gasteiger partial charge in [-0.05, 0) is 31.6 Å². The SMILES string of the molecule is COc1ccc(C(N)=S)c(NCC(C)(C)CN(C)C)c1. The molecule has 0 fully saturated rings. The van der Waals surface area contributed by atoms with Crippen molar-refractivity contribution >= 4 is 22.9 Å². The molecule has 0 heterocycles. The molecule has 0 atom stereocenters. The molecular weight excluding hydrogens is 270 g/mol. The number of nitrogens with two attached hydrogens (primary N) is 1. The van der Waals surface area contributed by atoms with Gasteiger partial charge in [0.05, 0.1) is 7.11 Å². The molecule has 0 aliphatic carbocycles. The highest BCUT2D eigenvalue weighted by molar-refractivity contribution is 7.80. The van der Waals surface area contributed by atoms with Crippen LogP contribution < -0.4 is 15.8 Å². The summed E-state index contributed by atoms with van der Waals surface area (Å²) in [6.07, 6.45) is 0. The van der Waals surface area contributed by atoms with Crippen LogP contribution in [-0.2, 0) is 0 Å². The second-order valence-corrected chi connectivity index (χ2v) is 6.47. The van der Waals surface area contributed by atoms with E-state index in [0.29, 0.717) is 4.99 Å². The van der Waals surface area contributed by atoms with E-state index in [1.165, 1.54) is 0 Å². The van der Waals surface area contributed by atoms with Crippen LogP contribution >= 0.6 is 12.2 Å². The number of anilines is 1. The summed E-state index contributed by atoms with van der Waals surface area (Å²) in [7, 11) is 5.80. The van der Waals surface area contributed by atoms with Gasteiger partial charge < -0.3 is 20.7 Å². The average molecular weight is 295 g/mol. The van der Waals surface area contributed by atoms with Crippen molar-refractivity contribution in [3.8, 4) is 5.75 Å². The zero-order valence-electron chi connectivity index (χ0n) is 13.0. The van der Waals surface area contributed by atoms with Crippen molar-refractivity contribution < 1.29 is 4.74 Å². The first kappa shape index (κ1) is 16.7. The molecule has 0 bridgehead atoms. The van der Waals surface area contributed by atoms with Gasteiger partial charge in [0.1, 0.15) is 10.7 Å². The molecule has 3 N–H and O–H groups in total. The smallest absolute Gasteiger partial charge is 0.120 e. The summed E-state index contributed by atoms with van der Waals surface area (Å²) < 4.78 is 5.25. The average Bonchev–Trinajstić information content (AvgIpc) is 2.34. The molecule has 0 radical (unpaired) electrons. The van der Waals surface area contributed by atoms with Gasteiger partial charge in [0.2, 0.25) is 0 Å². The molecule has 112 valence electrons. The van der Waals surface area contributed by atoms with Crippen molar-refractivity contribution in [2.24, 2.45) is 11.1 Å². The van der Waals surface area contributed by atoms with Crippen molar-refractivity contribution in [2.75, 3.05) is 39.6 Å². The lowest BCUT2D eigenvalue weighted by Gasteiger charge is -2.29. The van der Waals surface area contributed by atoms with E-state index in [0.717, 1.165) is 30.1 Å². The number of ether oxygens (including phenoxy) is 1. The highest BCUT2D eigenvalue weighted by Crippen LogP contribution is 2.25. The van der Waals surface area contributed by atoms with Gasteiger partial charge in [-0.3, -0.25) is 0 Å². The molecule has 1 rings (SSSR count). The van der Waals surface area contributed by atoms with Gasteiger partial charge in [0, 0.05) is 30.4 Å². The Morgan fingerprint density at radius 2 is 2.05 bits per heavy atom. The maximum absolute atomic E-state index is 5.77. The van der Waals surface area contributed by atoms with E-state index in [4.69, 9.17) is 22.7 Å². The van der Waals surface area contributed by atoms with E-state index < -0.39 is 0 Å². The third-order valence-electron chi connectivity index (χ3n) is 2.99. The van der Waals surface area contributed by atoms with Crippen molar-refractivity contribution in [2.45, 2.75) is 13.8 Å². The summed E-state index contributed by atoms with van der Waals surface area (Å²) in [5.74, 6) is 0.790. The van der Waals surface area contributed by atoms with Gasteiger partial charge in [0.15, 0.2) is 0 Å². The molecule has 0 aliphatic heterocycles. The van der Waals surface area contributed by atoms with Crippen LogP contribution in [0, 0.1) is 5.41 Å². The molecule has 20 heavy (non-hydrogen) atoms. The summed E-state index contributed by atoms with van der Waals surface area (Å²) in [4.78, 5) is 2.57. The highest BCUT2D eigenvalue weighted by Gasteiger charge is 2.19. The van der Waals surface area contributed by atoms with E-state index in [1.807, 2.05) is 18.2 Å². The molecule has 0 aromatic heterocycles. The lowest BCUT2D eigenvalue weighted by molar-refractivity contribution is 0.254. The summed E-state index contributed by atoms with van der Waals surface area (Å²) in [5, 5.41) is 3.44. The quantitative estimate of drug-likeness (QED) is 0.756. The molecule has 5 heteroatoms. The molecule has 1 aromatic rings. The fourth-order valence-corrected chi connectivity index (χ4v) is 2.44. The third kappa shape index (κ3) is 4.98. The molecule has 0 aliphatic rings. The van der Waals surface area contributed by atoms with Gasteiger partial charge in [0.25, 0.3) is 0 Å². The summed E-state index contributed by atoms with van der Waals surface area (Å²) in [6.45, 7) is 6.27. The van der Waals surface area contributed by atoms with E-state index in [1.54, 1.807) is 7.11 Å². The Morgan fingerprint density at radius 3 is 2.55 bits per heavy atom. The first-order chi connectivity index (χ1) is 9.25. The molecule has 0 unspecified atom stereocenters. The fraction of sp³-hybridized carbons (Fsp3) is 0.533. The first-order valence-electron chi connectivity index (χ1n) is 6.61. The lowest BCUT2D eigenvalue weighted by atomic mass is 9.92. The Kier molecular flexibility index (Phi) is 5.77. The minimum absolute atomic E-state index is 0.139. The van der Waals surface area contributed by atoms with Gasteiger partial charge in [-0.1, -0.05) is 26.1 Å². The normalized spacial score (nSPS) is 11.5. The first-order valence-corrected chi connectivity index (χ1v) is 7.02. The monoisotopic (exact) mass is 295 g/mol. The number of methoxy groups -OCH3 is 1. The van der Waals surface area contributed by atoms with Crippen LogP contribution in [0.2, 0.25) is 0 Å². The molecule has 0 saturated carbocycles. The van der Waals surface area contributed by atoms with Crippen LogP contribution in [0.15, 0.2) is 18.2 Å². The second-order valence-electron chi connectivity index (χ2n) is 6.03. The number of rotatable bonds is 7.